The van der Waals surface area contributed by atoms with Gasteiger partial charge in [-0.05, 0) is 31.0 Å². The van der Waals surface area contributed by atoms with Gasteiger partial charge in [-0.15, -0.1) is 12.4 Å². The number of H-pyrrole nitrogens is 1. The van der Waals surface area contributed by atoms with Gasteiger partial charge in [0.1, 0.15) is 11.9 Å². The molecule has 0 radical (unpaired) electrons. The highest BCUT2D eigenvalue weighted by Crippen LogP contribution is 2.16. The van der Waals surface area contributed by atoms with Crippen LogP contribution in [0.2, 0.25) is 0 Å². The van der Waals surface area contributed by atoms with Crippen molar-refractivity contribution < 1.29 is 9.53 Å². The Morgan fingerprint density at radius 3 is 3.04 bits per heavy atom. The van der Waals surface area contributed by atoms with Crippen LogP contribution >= 0.6 is 12.4 Å². The summed E-state index contributed by atoms with van der Waals surface area (Å²) in [6, 6.07) is 7.94. The third-order valence-electron chi connectivity index (χ3n) is 4.26. The van der Waals surface area contributed by atoms with Gasteiger partial charge in [0, 0.05) is 30.8 Å². The van der Waals surface area contributed by atoms with Gasteiger partial charge >= 0.3 is 0 Å². The summed E-state index contributed by atoms with van der Waals surface area (Å²) in [4.78, 5) is 12.4. The maximum absolute atomic E-state index is 12.4. The Balaban J connectivity index is 0.00000225. The van der Waals surface area contributed by atoms with Gasteiger partial charge in [-0.3, -0.25) is 9.89 Å². The number of benzene rings is 1. The van der Waals surface area contributed by atoms with Crippen molar-refractivity contribution in [2.75, 3.05) is 13.1 Å². The molecule has 136 valence electrons. The van der Waals surface area contributed by atoms with Crippen molar-refractivity contribution in [1.29, 1.82) is 0 Å². The topological polar surface area (TPSA) is 79.0 Å². The number of carbonyl (C=O) groups is 1. The first kappa shape index (κ1) is 19.3. The van der Waals surface area contributed by atoms with E-state index in [1.165, 1.54) is 0 Å². The normalized spacial score (nSPS) is 14.2. The molecule has 6 nitrogen and oxygen atoms in total. The fourth-order valence-electron chi connectivity index (χ4n) is 2.85. The smallest absolute Gasteiger partial charge is 0.272 e. The SMILES string of the molecule is CCC(CNC(=O)c1n[nH]c2c1CNCC2)Oc1cccc(C)c1.Cl. The van der Waals surface area contributed by atoms with E-state index in [1.807, 2.05) is 38.1 Å². The van der Waals surface area contributed by atoms with E-state index in [0.717, 1.165) is 42.0 Å². The van der Waals surface area contributed by atoms with Crippen molar-refractivity contribution in [1.82, 2.24) is 20.8 Å². The number of fused-ring (bicyclic) bond motifs is 1. The summed E-state index contributed by atoms with van der Waals surface area (Å²) in [5.41, 5.74) is 3.68. The largest absolute Gasteiger partial charge is 0.489 e. The Morgan fingerprint density at radius 1 is 1.44 bits per heavy atom. The number of nitrogens with zero attached hydrogens (tertiary/aromatic N) is 1. The van der Waals surface area contributed by atoms with E-state index >= 15 is 0 Å². The molecule has 7 heteroatoms. The lowest BCUT2D eigenvalue weighted by Gasteiger charge is -2.18. The van der Waals surface area contributed by atoms with Crippen molar-refractivity contribution in [3.63, 3.8) is 0 Å². The van der Waals surface area contributed by atoms with E-state index in [4.69, 9.17) is 4.74 Å². The zero-order valence-corrected chi connectivity index (χ0v) is 15.4. The summed E-state index contributed by atoms with van der Waals surface area (Å²) >= 11 is 0. The predicted octanol–water partition coefficient (Wildman–Crippen LogP) is 2.37. The number of hydrogen-bond donors (Lipinski definition) is 3. The highest BCUT2D eigenvalue weighted by Gasteiger charge is 2.22. The van der Waals surface area contributed by atoms with E-state index in [2.05, 4.69) is 20.8 Å². The van der Waals surface area contributed by atoms with Crippen molar-refractivity contribution in [2.45, 2.75) is 39.3 Å². The van der Waals surface area contributed by atoms with Crippen LogP contribution < -0.4 is 15.4 Å². The van der Waals surface area contributed by atoms with Gasteiger partial charge in [-0.2, -0.15) is 5.10 Å². The number of ether oxygens (including phenoxy) is 1. The third-order valence-corrected chi connectivity index (χ3v) is 4.26. The highest BCUT2D eigenvalue weighted by atomic mass is 35.5. The Morgan fingerprint density at radius 2 is 2.28 bits per heavy atom. The lowest BCUT2D eigenvalue weighted by atomic mass is 10.1. The van der Waals surface area contributed by atoms with Crippen molar-refractivity contribution in [2.24, 2.45) is 0 Å². The van der Waals surface area contributed by atoms with Gasteiger partial charge in [0.05, 0.1) is 6.54 Å². The number of carbonyl (C=O) groups excluding carboxylic acids is 1. The summed E-state index contributed by atoms with van der Waals surface area (Å²) in [5, 5.41) is 13.4. The number of hydrogen-bond acceptors (Lipinski definition) is 4. The molecule has 1 amide bonds. The van der Waals surface area contributed by atoms with Gasteiger partial charge in [-0.1, -0.05) is 19.1 Å². The molecule has 25 heavy (non-hydrogen) atoms. The standard InChI is InChI=1S/C18H24N4O2.ClH/c1-3-13(24-14-6-4-5-12(2)9-14)10-20-18(23)17-15-11-19-8-7-16(15)21-22-17;/h4-6,9,13,19H,3,7-8,10-11H2,1-2H3,(H,20,23)(H,21,22);1H. The lowest BCUT2D eigenvalue weighted by molar-refractivity contribution is 0.0920. The van der Waals surface area contributed by atoms with Gasteiger partial charge in [-0.25, -0.2) is 0 Å². The molecule has 2 aromatic rings. The van der Waals surface area contributed by atoms with Crippen LogP contribution in [0.1, 0.15) is 40.7 Å². The van der Waals surface area contributed by atoms with Crippen LogP contribution in [-0.2, 0) is 13.0 Å². The second-order valence-corrected chi connectivity index (χ2v) is 6.13. The molecule has 0 bridgehead atoms. The van der Waals surface area contributed by atoms with E-state index in [-0.39, 0.29) is 24.4 Å². The van der Waals surface area contributed by atoms with Crippen molar-refractivity contribution in [3.8, 4) is 5.75 Å². The molecule has 1 aliphatic heterocycles. The number of nitrogens with one attached hydrogen (secondary N) is 3. The Labute approximate surface area is 154 Å². The molecule has 0 saturated heterocycles. The molecular formula is C18H25ClN4O2. The van der Waals surface area contributed by atoms with E-state index in [9.17, 15) is 4.79 Å². The van der Waals surface area contributed by atoms with Crippen LogP contribution in [0.3, 0.4) is 0 Å². The molecular weight excluding hydrogens is 340 g/mol. The maximum Gasteiger partial charge on any atom is 0.272 e. The van der Waals surface area contributed by atoms with Gasteiger partial charge in [0.25, 0.3) is 5.91 Å². The summed E-state index contributed by atoms with van der Waals surface area (Å²) in [6.07, 6.45) is 1.63. The summed E-state index contributed by atoms with van der Waals surface area (Å²) in [5.74, 6) is 0.680. The molecule has 1 aliphatic rings. The second-order valence-electron chi connectivity index (χ2n) is 6.13. The number of halogens is 1. The van der Waals surface area contributed by atoms with Crippen molar-refractivity contribution in [3.05, 3.63) is 46.8 Å². The molecule has 0 fully saturated rings. The molecule has 0 spiro atoms. The quantitative estimate of drug-likeness (QED) is 0.735. The van der Waals surface area contributed by atoms with E-state index in [1.54, 1.807) is 0 Å². The number of amides is 1. The first-order valence-electron chi connectivity index (χ1n) is 8.45. The van der Waals surface area contributed by atoms with Crippen LogP contribution in [0.25, 0.3) is 0 Å². The maximum atomic E-state index is 12.4. The van der Waals surface area contributed by atoms with Crippen LogP contribution in [0.15, 0.2) is 24.3 Å². The highest BCUT2D eigenvalue weighted by molar-refractivity contribution is 5.94. The predicted molar refractivity (Wildman–Crippen MR) is 99.5 cm³/mol. The summed E-state index contributed by atoms with van der Waals surface area (Å²) < 4.78 is 5.97. The average Bonchev–Trinajstić information content (AvgIpc) is 3.02. The second kappa shape index (κ2) is 8.87. The fraction of sp³-hybridized carbons (Fsp3) is 0.444. The molecule has 1 unspecified atom stereocenters. The lowest BCUT2D eigenvalue weighted by Crippen LogP contribution is -2.36. The zero-order valence-electron chi connectivity index (χ0n) is 14.6. The first-order chi connectivity index (χ1) is 11.7. The molecule has 1 aromatic heterocycles. The van der Waals surface area contributed by atoms with E-state index < -0.39 is 0 Å². The van der Waals surface area contributed by atoms with Crippen LogP contribution in [0, 0.1) is 6.92 Å². The monoisotopic (exact) mass is 364 g/mol. The molecule has 1 atom stereocenters. The zero-order chi connectivity index (χ0) is 16.9. The van der Waals surface area contributed by atoms with Crippen molar-refractivity contribution >= 4 is 18.3 Å². The van der Waals surface area contributed by atoms with Crippen LogP contribution in [0.4, 0.5) is 0 Å². The minimum Gasteiger partial charge on any atom is -0.489 e. The summed E-state index contributed by atoms with van der Waals surface area (Å²) in [6.45, 7) is 6.14. The van der Waals surface area contributed by atoms with Crippen LogP contribution in [0.5, 0.6) is 5.75 Å². The van der Waals surface area contributed by atoms with Gasteiger partial charge in [0.15, 0.2) is 5.69 Å². The molecule has 2 heterocycles. The Hall–Kier alpha value is -2.05. The Bertz CT molecular complexity index is 717. The number of aromatic amines is 1. The average molecular weight is 365 g/mol. The summed E-state index contributed by atoms with van der Waals surface area (Å²) in [7, 11) is 0. The first-order valence-corrected chi connectivity index (χ1v) is 8.45. The van der Waals surface area contributed by atoms with Crippen LogP contribution in [-0.4, -0.2) is 35.3 Å². The van der Waals surface area contributed by atoms with Gasteiger partial charge in [0.2, 0.25) is 0 Å². The number of aromatic nitrogens is 2. The van der Waals surface area contributed by atoms with E-state index in [0.29, 0.717) is 18.8 Å². The molecule has 0 saturated carbocycles. The van der Waals surface area contributed by atoms with Gasteiger partial charge < -0.3 is 15.4 Å². The third kappa shape index (κ3) is 4.74. The minimum atomic E-state index is -0.150. The number of aryl methyl sites for hydroxylation is 1. The molecule has 0 aliphatic carbocycles. The molecule has 1 aromatic carbocycles. The molecule has 3 rings (SSSR count). The number of rotatable bonds is 6. The fourth-order valence-corrected chi connectivity index (χ4v) is 2.85. The molecule has 3 N–H and O–H groups in total. The minimum absolute atomic E-state index is 0. The Kier molecular flexibility index (Phi) is 6.84.